The van der Waals surface area contributed by atoms with Crippen LogP contribution in [0.4, 0.5) is 0 Å². The lowest BCUT2D eigenvalue weighted by molar-refractivity contribution is -0.146. The zero-order chi connectivity index (χ0) is 10.4. The maximum absolute atomic E-state index is 11.3. The van der Waals surface area contributed by atoms with Crippen molar-refractivity contribution < 1.29 is 14.3 Å². The number of hydrogen-bond donors (Lipinski definition) is 0. The summed E-state index contributed by atoms with van der Waals surface area (Å²) in [5, 5.41) is 8.63. The summed E-state index contributed by atoms with van der Waals surface area (Å²) in [6, 6.07) is 2.00. The van der Waals surface area contributed by atoms with Gasteiger partial charge in [-0.15, -0.1) is 0 Å². The van der Waals surface area contributed by atoms with E-state index in [4.69, 9.17) is 14.7 Å². The molecule has 1 aliphatic heterocycles. The van der Waals surface area contributed by atoms with Crippen molar-refractivity contribution in [1.29, 1.82) is 5.26 Å². The number of amides is 1. The first-order chi connectivity index (χ1) is 6.77. The molecule has 0 aromatic carbocycles. The smallest absolute Gasteiger partial charge is 0.248 e. The fourth-order valence-electron chi connectivity index (χ4n) is 1.31. The van der Waals surface area contributed by atoms with Crippen LogP contribution in [0.2, 0.25) is 0 Å². The summed E-state index contributed by atoms with van der Waals surface area (Å²) < 4.78 is 9.88. The van der Waals surface area contributed by atoms with E-state index >= 15 is 0 Å². The highest BCUT2D eigenvalue weighted by Crippen LogP contribution is 2.06. The molecule has 0 aliphatic carbocycles. The summed E-state index contributed by atoms with van der Waals surface area (Å²) in [5.74, 6) is -0.0485. The number of ether oxygens (including phenoxy) is 2. The predicted octanol–water partition coefficient (Wildman–Crippen LogP) is -0.226. The Kier molecular flexibility index (Phi) is 4.36. The Morgan fingerprint density at radius 1 is 1.79 bits per heavy atom. The summed E-state index contributed by atoms with van der Waals surface area (Å²) in [7, 11) is 1.62. The molecule has 5 heteroatoms. The van der Waals surface area contributed by atoms with Crippen molar-refractivity contribution in [2.75, 3.05) is 33.4 Å². The summed E-state index contributed by atoms with van der Waals surface area (Å²) in [6.07, 6.45) is 0.315. The Balaban J connectivity index is 2.33. The Hall–Kier alpha value is -1.12. The molecule has 1 unspecified atom stereocenters. The lowest BCUT2D eigenvalue weighted by Gasteiger charge is -2.29. The monoisotopic (exact) mass is 198 g/mol. The third kappa shape index (κ3) is 2.98. The second-order valence-corrected chi connectivity index (χ2v) is 3.11. The van der Waals surface area contributed by atoms with E-state index in [-0.39, 0.29) is 12.5 Å². The van der Waals surface area contributed by atoms with Gasteiger partial charge in [0, 0.05) is 20.3 Å². The first kappa shape index (κ1) is 11.0. The summed E-state index contributed by atoms with van der Waals surface area (Å²) in [5.41, 5.74) is 0. The molecule has 1 amide bonds. The number of nitrogens with zero attached hydrogens (tertiary/aromatic N) is 2. The summed E-state index contributed by atoms with van der Waals surface area (Å²) in [4.78, 5) is 12.9. The molecule has 1 saturated heterocycles. The Bertz CT molecular complexity index is 237. The number of nitriles is 1. The Labute approximate surface area is 83.2 Å². The topological polar surface area (TPSA) is 62.6 Å². The molecule has 0 radical (unpaired) electrons. The molecule has 0 aromatic heterocycles. The molecule has 0 bridgehead atoms. The molecule has 0 saturated carbocycles. The molecule has 0 N–H and O–H groups in total. The minimum atomic E-state index is -0.477. The van der Waals surface area contributed by atoms with Crippen LogP contribution in [0, 0.1) is 11.3 Å². The van der Waals surface area contributed by atoms with Crippen LogP contribution < -0.4 is 0 Å². The molecular formula is C9H14N2O3. The number of methoxy groups -OCH3 is 1. The molecule has 1 aliphatic rings. The average Bonchev–Trinajstić information content (AvgIpc) is 2.21. The van der Waals surface area contributed by atoms with E-state index < -0.39 is 6.10 Å². The van der Waals surface area contributed by atoms with Crippen molar-refractivity contribution in [3.63, 3.8) is 0 Å². The van der Waals surface area contributed by atoms with E-state index in [1.165, 1.54) is 0 Å². The molecule has 14 heavy (non-hydrogen) atoms. The number of carbonyl (C=O) groups is 1. The average molecular weight is 198 g/mol. The van der Waals surface area contributed by atoms with Crippen LogP contribution >= 0.6 is 0 Å². The van der Waals surface area contributed by atoms with Gasteiger partial charge in [-0.3, -0.25) is 4.79 Å². The third-order valence-corrected chi connectivity index (χ3v) is 2.07. The maximum Gasteiger partial charge on any atom is 0.248 e. The fraction of sp³-hybridized carbons (Fsp3) is 0.778. The zero-order valence-corrected chi connectivity index (χ0v) is 8.23. The standard InChI is InChI=1S/C9H14N2O3/c1-13-4-2-3-11-6-8(5-10)14-7-9(11)12/h8H,2-4,6-7H2,1H3. The SMILES string of the molecule is COCCCN1CC(C#N)OCC1=O. The van der Waals surface area contributed by atoms with Gasteiger partial charge in [0.2, 0.25) is 5.91 Å². The van der Waals surface area contributed by atoms with E-state index in [9.17, 15) is 4.79 Å². The number of morpholine rings is 1. The molecule has 1 heterocycles. The summed E-state index contributed by atoms with van der Waals surface area (Å²) >= 11 is 0. The van der Waals surface area contributed by atoms with Crippen molar-refractivity contribution in [3.8, 4) is 6.07 Å². The van der Waals surface area contributed by atoms with Crippen molar-refractivity contribution in [3.05, 3.63) is 0 Å². The van der Waals surface area contributed by atoms with Crippen molar-refractivity contribution in [2.45, 2.75) is 12.5 Å². The maximum atomic E-state index is 11.3. The number of hydrogen-bond acceptors (Lipinski definition) is 4. The molecule has 0 aromatic rings. The second-order valence-electron chi connectivity index (χ2n) is 3.11. The van der Waals surface area contributed by atoms with Gasteiger partial charge in [-0.1, -0.05) is 0 Å². The molecular weight excluding hydrogens is 184 g/mol. The minimum Gasteiger partial charge on any atom is -0.385 e. The van der Waals surface area contributed by atoms with Crippen molar-refractivity contribution in [1.82, 2.24) is 4.90 Å². The highest BCUT2D eigenvalue weighted by molar-refractivity contribution is 5.78. The van der Waals surface area contributed by atoms with Crippen LogP contribution in [-0.2, 0) is 14.3 Å². The van der Waals surface area contributed by atoms with Gasteiger partial charge in [0.05, 0.1) is 12.6 Å². The van der Waals surface area contributed by atoms with E-state index in [1.54, 1.807) is 12.0 Å². The van der Waals surface area contributed by atoms with Gasteiger partial charge in [-0.25, -0.2) is 0 Å². The van der Waals surface area contributed by atoms with Gasteiger partial charge in [0.1, 0.15) is 6.61 Å². The van der Waals surface area contributed by atoms with E-state index in [0.717, 1.165) is 6.42 Å². The highest BCUT2D eigenvalue weighted by Gasteiger charge is 2.25. The van der Waals surface area contributed by atoms with Gasteiger partial charge in [-0.05, 0) is 6.42 Å². The highest BCUT2D eigenvalue weighted by atomic mass is 16.5. The van der Waals surface area contributed by atoms with Crippen LogP contribution in [0.5, 0.6) is 0 Å². The molecule has 5 nitrogen and oxygen atoms in total. The van der Waals surface area contributed by atoms with Crippen molar-refractivity contribution >= 4 is 5.91 Å². The molecule has 1 fully saturated rings. The summed E-state index contributed by atoms with van der Waals surface area (Å²) in [6.45, 7) is 1.65. The molecule has 1 rings (SSSR count). The first-order valence-electron chi connectivity index (χ1n) is 4.56. The lowest BCUT2D eigenvalue weighted by atomic mass is 10.2. The number of carbonyl (C=O) groups excluding carboxylic acids is 1. The molecule has 0 spiro atoms. The van der Waals surface area contributed by atoms with E-state index in [2.05, 4.69) is 0 Å². The van der Waals surface area contributed by atoms with Gasteiger partial charge < -0.3 is 14.4 Å². The third-order valence-electron chi connectivity index (χ3n) is 2.07. The van der Waals surface area contributed by atoms with Crippen LogP contribution in [-0.4, -0.2) is 50.3 Å². The Morgan fingerprint density at radius 3 is 3.21 bits per heavy atom. The largest absolute Gasteiger partial charge is 0.385 e. The van der Waals surface area contributed by atoms with Gasteiger partial charge in [0.15, 0.2) is 6.10 Å². The second kappa shape index (κ2) is 5.58. The van der Waals surface area contributed by atoms with Crippen LogP contribution in [0.3, 0.4) is 0 Å². The fourth-order valence-corrected chi connectivity index (χ4v) is 1.31. The van der Waals surface area contributed by atoms with Crippen LogP contribution in [0.25, 0.3) is 0 Å². The van der Waals surface area contributed by atoms with Gasteiger partial charge in [0.25, 0.3) is 0 Å². The normalized spacial score (nSPS) is 22.1. The zero-order valence-electron chi connectivity index (χ0n) is 8.23. The van der Waals surface area contributed by atoms with Crippen LogP contribution in [0.15, 0.2) is 0 Å². The van der Waals surface area contributed by atoms with Crippen molar-refractivity contribution in [2.24, 2.45) is 0 Å². The number of rotatable bonds is 4. The van der Waals surface area contributed by atoms with E-state index in [1.807, 2.05) is 6.07 Å². The lowest BCUT2D eigenvalue weighted by Crippen LogP contribution is -2.46. The quantitative estimate of drug-likeness (QED) is 0.585. The Morgan fingerprint density at radius 2 is 2.57 bits per heavy atom. The minimum absolute atomic E-state index is 0.0191. The molecule has 1 atom stereocenters. The van der Waals surface area contributed by atoms with E-state index in [0.29, 0.717) is 19.7 Å². The van der Waals surface area contributed by atoms with Crippen LogP contribution in [0.1, 0.15) is 6.42 Å². The van der Waals surface area contributed by atoms with Gasteiger partial charge in [-0.2, -0.15) is 5.26 Å². The van der Waals surface area contributed by atoms with Gasteiger partial charge >= 0.3 is 0 Å². The first-order valence-corrected chi connectivity index (χ1v) is 4.56. The predicted molar refractivity (Wildman–Crippen MR) is 48.4 cm³/mol. The molecule has 78 valence electrons.